The molecule has 0 aliphatic heterocycles. The number of carbonyl (C=O) groups is 1. The Balaban J connectivity index is 2.18. The lowest BCUT2D eigenvalue weighted by molar-refractivity contribution is 0.0995. The molecule has 0 fully saturated rings. The summed E-state index contributed by atoms with van der Waals surface area (Å²) < 4.78 is 6.03. The number of halogens is 2. The summed E-state index contributed by atoms with van der Waals surface area (Å²) in [6.45, 7) is 1.97. The molecule has 1 heterocycles. The maximum atomic E-state index is 11.9. The fourth-order valence-electron chi connectivity index (χ4n) is 1.47. The number of anilines is 1. The van der Waals surface area contributed by atoms with E-state index in [0.717, 1.165) is 12.2 Å². The summed E-state index contributed by atoms with van der Waals surface area (Å²) in [6.07, 6.45) is 0.758. The number of amides is 1. The van der Waals surface area contributed by atoms with E-state index in [1.807, 2.05) is 6.92 Å². The summed E-state index contributed by atoms with van der Waals surface area (Å²) in [7, 11) is 0. The van der Waals surface area contributed by atoms with Gasteiger partial charge in [-0.2, -0.15) is 0 Å². The molecule has 1 aromatic heterocycles. The molecule has 0 aliphatic rings. The number of aryl methyl sites for hydroxylation is 1. The summed E-state index contributed by atoms with van der Waals surface area (Å²) in [6, 6.07) is 8.72. The minimum atomic E-state index is -0.294. The van der Waals surface area contributed by atoms with Crippen LogP contribution in [0.15, 0.2) is 39.2 Å². The van der Waals surface area contributed by atoms with Crippen molar-refractivity contribution in [3.63, 3.8) is 0 Å². The maximum absolute atomic E-state index is 11.9. The zero-order valence-corrected chi connectivity index (χ0v) is 12.0. The van der Waals surface area contributed by atoms with Crippen molar-refractivity contribution in [2.24, 2.45) is 0 Å². The molecule has 0 saturated heterocycles. The number of nitrogens with one attached hydrogen (secondary N) is 1. The van der Waals surface area contributed by atoms with E-state index >= 15 is 0 Å². The molecule has 1 N–H and O–H groups in total. The van der Waals surface area contributed by atoms with E-state index in [-0.39, 0.29) is 5.91 Å². The molecule has 94 valence electrons. The zero-order valence-electron chi connectivity index (χ0n) is 9.67. The van der Waals surface area contributed by atoms with Crippen molar-refractivity contribution in [1.29, 1.82) is 0 Å². The highest BCUT2D eigenvalue weighted by molar-refractivity contribution is 9.10. The number of furan rings is 1. The molecule has 0 bridgehead atoms. The summed E-state index contributed by atoms with van der Waals surface area (Å²) in [5.74, 6) is 0.779. The third-order valence-corrected chi connectivity index (χ3v) is 3.83. The molecule has 2 rings (SSSR count). The Morgan fingerprint density at radius 1 is 1.39 bits per heavy atom. The summed E-state index contributed by atoms with van der Waals surface area (Å²) in [5.41, 5.74) is 0.613. The van der Waals surface area contributed by atoms with Crippen LogP contribution in [0.1, 0.15) is 23.2 Å². The van der Waals surface area contributed by atoms with Gasteiger partial charge in [-0.15, -0.1) is 0 Å². The first-order valence-corrected chi connectivity index (χ1v) is 6.63. The van der Waals surface area contributed by atoms with Crippen molar-refractivity contribution in [1.82, 2.24) is 0 Å². The molecule has 0 aliphatic carbocycles. The van der Waals surface area contributed by atoms with E-state index in [4.69, 9.17) is 16.0 Å². The predicted molar refractivity (Wildman–Crippen MR) is 75.2 cm³/mol. The molecule has 1 amide bonds. The minimum Gasteiger partial charge on any atom is -0.456 e. The standard InChI is InChI=1S/C13H11BrClNO2/c1-2-8-6-7-11(18-8)13(17)16-10-5-3-4-9(15)12(10)14/h3-7H,2H2,1H3,(H,16,17). The van der Waals surface area contributed by atoms with Gasteiger partial charge in [-0.3, -0.25) is 4.79 Å². The normalized spacial score (nSPS) is 10.4. The number of hydrogen-bond donors (Lipinski definition) is 1. The van der Waals surface area contributed by atoms with Crippen molar-refractivity contribution in [2.45, 2.75) is 13.3 Å². The molecule has 0 spiro atoms. The van der Waals surface area contributed by atoms with E-state index in [1.54, 1.807) is 30.3 Å². The first kappa shape index (κ1) is 13.2. The van der Waals surface area contributed by atoms with Gasteiger partial charge in [-0.25, -0.2) is 0 Å². The first-order chi connectivity index (χ1) is 8.61. The van der Waals surface area contributed by atoms with Gasteiger partial charge in [-0.1, -0.05) is 24.6 Å². The van der Waals surface area contributed by atoms with Crippen LogP contribution in [0.4, 0.5) is 5.69 Å². The van der Waals surface area contributed by atoms with Crippen LogP contribution in [0.25, 0.3) is 0 Å². The van der Waals surface area contributed by atoms with Crippen LogP contribution in [0, 0.1) is 0 Å². The van der Waals surface area contributed by atoms with Crippen molar-refractivity contribution in [2.75, 3.05) is 5.32 Å². The van der Waals surface area contributed by atoms with E-state index in [0.29, 0.717) is 20.9 Å². The predicted octanol–water partition coefficient (Wildman–Crippen LogP) is 4.51. The van der Waals surface area contributed by atoms with Gasteiger partial charge >= 0.3 is 0 Å². The van der Waals surface area contributed by atoms with E-state index in [1.165, 1.54) is 0 Å². The topological polar surface area (TPSA) is 42.2 Å². The average Bonchev–Trinajstić information content (AvgIpc) is 2.83. The van der Waals surface area contributed by atoms with Gasteiger partial charge in [0.05, 0.1) is 15.2 Å². The van der Waals surface area contributed by atoms with E-state index in [2.05, 4.69) is 21.2 Å². The lowest BCUT2D eigenvalue weighted by Crippen LogP contribution is -2.11. The van der Waals surface area contributed by atoms with Gasteiger partial charge in [0, 0.05) is 6.42 Å². The highest BCUT2D eigenvalue weighted by Gasteiger charge is 2.13. The Labute approximate surface area is 118 Å². The second kappa shape index (κ2) is 5.59. The Hall–Kier alpha value is -1.26. The van der Waals surface area contributed by atoms with Crippen LogP contribution in [0.3, 0.4) is 0 Å². The van der Waals surface area contributed by atoms with Gasteiger partial charge < -0.3 is 9.73 Å². The number of rotatable bonds is 3. The fourth-order valence-corrected chi connectivity index (χ4v) is 2.01. The molecular formula is C13H11BrClNO2. The number of hydrogen-bond acceptors (Lipinski definition) is 2. The molecule has 5 heteroatoms. The molecule has 3 nitrogen and oxygen atoms in total. The molecule has 0 saturated carbocycles. The summed E-state index contributed by atoms with van der Waals surface area (Å²) in [5, 5.41) is 3.28. The highest BCUT2D eigenvalue weighted by Crippen LogP contribution is 2.30. The first-order valence-electron chi connectivity index (χ1n) is 5.46. The third kappa shape index (κ3) is 2.76. The lowest BCUT2D eigenvalue weighted by Gasteiger charge is -2.06. The third-order valence-electron chi connectivity index (χ3n) is 2.43. The van der Waals surface area contributed by atoms with Crippen LogP contribution in [-0.4, -0.2) is 5.91 Å². The number of carbonyl (C=O) groups excluding carboxylic acids is 1. The lowest BCUT2D eigenvalue weighted by atomic mass is 10.3. The van der Waals surface area contributed by atoms with Gasteiger partial charge in [0.25, 0.3) is 5.91 Å². The quantitative estimate of drug-likeness (QED) is 0.900. The Morgan fingerprint density at radius 3 is 2.83 bits per heavy atom. The smallest absolute Gasteiger partial charge is 0.291 e. The molecule has 18 heavy (non-hydrogen) atoms. The Kier molecular flexibility index (Phi) is 4.09. The van der Waals surface area contributed by atoms with Crippen molar-refractivity contribution in [3.8, 4) is 0 Å². The van der Waals surface area contributed by atoms with Crippen LogP contribution in [-0.2, 0) is 6.42 Å². The van der Waals surface area contributed by atoms with Crippen LogP contribution >= 0.6 is 27.5 Å². The second-order valence-electron chi connectivity index (χ2n) is 3.68. The average molecular weight is 329 g/mol. The largest absolute Gasteiger partial charge is 0.456 e. The van der Waals surface area contributed by atoms with Gasteiger partial charge in [0.15, 0.2) is 5.76 Å². The maximum Gasteiger partial charge on any atom is 0.291 e. The zero-order chi connectivity index (χ0) is 13.1. The monoisotopic (exact) mass is 327 g/mol. The SMILES string of the molecule is CCc1ccc(C(=O)Nc2cccc(Cl)c2Br)o1. The van der Waals surface area contributed by atoms with Crippen molar-refractivity contribution < 1.29 is 9.21 Å². The van der Waals surface area contributed by atoms with Crippen molar-refractivity contribution >= 4 is 39.1 Å². The van der Waals surface area contributed by atoms with Crippen LogP contribution in [0.5, 0.6) is 0 Å². The Morgan fingerprint density at radius 2 is 2.17 bits per heavy atom. The molecule has 0 atom stereocenters. The van der Waals surface area contributed by atoms with E-state index < -0.39 is 0 Å². The Bertz CT molecular complexity index is 580. The summed E-state index contributed by atoms with van der Waals surface area (Å²) in [4.78, 5) is 11.9. The van der Waals surface area contributed by atoms with Gasteiger partial charge in [-0.05, 0) is 40.2 Å². The molecule has 2 aromatic rings. The van der Waals surface area contributed by atoms with Crippen LogP contribution in [0.2, 0.25) is 5.02 Å². The second-order valence-corrected chi connectivity index (χ2v) is 4.88. The molecular weight excluding hydrogens is 318 g/mol. The molecule has 0 radical (unpaired) electrons. The van der Waals surface area contributed by atoms with Gasteiger partial charge in [0.2, 0.25) is 0 Å². The molecule has 1 aromatic carbocycles. The van der Waals surface area contributed by atoms with E-state index in [9.17, 15) is 4.79 Å². The number of benzene rings is 1. The summed E-state index contributed by atoms with van der Waals surface area (Å²) >= 11 is 9.27. The minimum absolute atomic E-state index is 0.290. The highest BCUT2D eigenvalue weighted by atomic mass is 79.9. The fraction of sp³-hybridized carbons (Fsp3) is 0.154. The molecule has 0 unspecified atom stereocenters. The van der Waals surface area contributed by atoms with Crippen molar-refractivity contribution in [3.05, 3.63) is 51.3 Å². The van der Waals surface area contributed by atoms with Crippen LogP contribution < -0.4 is 5.32 Å². The van der Waals surface area contributed by atoms with Gasteiger partial charge in [0.1, 0.15) is 5.76 Å².